The number of aliphatic hydroxyl groups is 5. The molecule has 288 valence electrons. The molecule has 1 aliphatic heterocycles. The van der Waals surface area contributed by atoms with Crippen LogP contribution in [0.5, 0.6) is 0 Å². The average molecular weight is 714 g/mol. The Bertz CT molecular complexity index is 1110. The van der Waals surface area contributed by atoms with Gasteiger partial charge in [-0.2, -0.15) is 0 Å². The number of allylic oxidation sites excluding steroid dienone is 15. The monoisotopic (exact) mass is 713 g/mol. The van der Waals surface area contributed by atoms with E-state index in [0.717, 1.165) is 70.6 Å². The molecule has 0 aliphatic carbocycles. The molecule has 1 fully saturated rings. The Kier molecular flexibility index (Phi) is 28.8. The summed E-state index contributed by atoms with van der Waals surface area (Å²) in [5, 5.41) is 53.8. The lowest BCUT2D eigenvalue weighted by atomic mass is 9.99. The lowest BCUT2D eigenvalue weighted by Gasteiger charge is -2.40. The third kappa shape index (κ3) is 23.3. The molecule has 0 bridgehead atoms. The van der Waals surface area contributed by atoms with E-state index in [1.165, 1.54) is 0 Å². The summed E-state index contributed by atoms with van der Waals surface area (Å²) in [6.07, 6.45) is 37.4. The zero-order valence-electron chi connectivity index (χ0n) is 31.1. The highest BCUT2D eigenvalue weighted by Crippen LogP contribution is 2.22. The van der Waals surface area contributed by atoms with Crippen LogP contribution >= 0.6 is 0 Å². The van der Waals surface area contributed by atoms with Crippen LogP contribution in [-0.4, -0.2) is 87.5 Å². The van der Waals surface area contributed by atoms with Gasteiger partial charge in [0.25, 0.3) is 0 Å². The minimum absolute atomic E-state index is 0.236. The molecule has 7 unspecified atom stereocenters. The van der Waals surface area contributed by atoms with Crippen molar-refractivity contribution in [3.05, 3.63) is 97.2 Å². The first-order chi connectivity index (χ1) is 24.8. The van der Waals surface area contributed by atoms with Crippen molar-refractivity contribution in [2.24, 2.45) is 0 Å². The smallest absolute Gasteiger partial charge is 0.220 e. The quantitative estimate of drug-likeness (QED) is 0.0393. The Morgan fingerprint density at radius 3 is 1.75 bits per heavy atom. The van der Waals surface area contributed by atoms with Gasteiger partial charge in [0.15, 0.2) is 6.29 Å². The molecule has 0 radical (unpaired) electrons. The minimum atomic E-state index is -1.59. The number of rotatable bonds is 28. The van der Waals surface area contributed by atoms with Gasteiger partial charge in [0.05, 0.1) is 25.4 Å². The highest BCUT2D eigenvalue weighted by atomic mass is 16.7. The number of unbranched alkanes of at least 4 members (excludes halogenated alkanes) is 4. The van der Waals surface area contributed by atoms with Gasteiger partial charge >= 0.3 is 0 Å². The van der Waals surface area contributed by atoms with Crippen molar-refractivity contribution in [2.75, 3.05) is 13.2 Å². The Hall–Kier alpha value is -2.89. The van der Waals surface area contributed by atoms with E-state index in [9.17, 15) is 30.3 Å². The molecule has 9 heteroatoms. The van der Waals surface area contributed by atoms with E-state index in [1.54, 1.807) is 6.08 Å². The van der Waals surface area contributed by atoms with Crippen molar-refractivity contribution in [1.29, 1.82) is 0 Å². The third-order valence-electron chi connectivity index (χ3n) is 8.10. The SMILES string of the molecule is CC/C=C\C/C=C\C/C=C\C/C=C\C/C=C\CCCC(=O)NC(COC1OC(CO)C(O)C(O)C1O)C(O)/C=C/CC/C=C/CC/C=C/CCC. The second kappa shape index (κ2) is 31.8. The van der Waals surface area contributed by atoms with Crippen LogP contribution in [0.3, 0.4) is 0 Å². The molecule has 0 aromatic carbocycles. The van der Waals surface area contributed by atoms with Gasteiger partial charge in [-0.1, -0.05) is 117 Å². The lowest BCUT2D eigenvalue weighted by Crippen LogP contribution is -2.60. The summed E-state index contributed by atoms with van der Waals surface area (Å²) in [6.45, 7) is 3.47. The second-order valence-electron chi connectivity index (χ2n) is 12.6. The summed E-state index contributed by atoms with van der Waals surface area (Å²) in [5.74, 6) is -0.256. The normalized spacial score (nSPS) is 23.2. The Balaban J connectivity index is 2.54. The Morgan fingerprint density at radius 2 is 1.20 bits per heavy atom. The first-order valence-corrected chi connectivity index (χ1v) is 19.0. The van der Waals surface area contributed by atoms with Crippen LogP contribution in [0, 0.1) is 0 Å². The molecular formula is C42H67NO8. The van der Waals surface area contributed by atoms with E-state index >= 15 is 0 Å². The first kappa shape index (κ1) is 46.1. The number of carbonyl (C=O) groups excluding carboxylic acids is 1. The van der Waals surface area contributed by atoms with Gasteiger partial charge in [0.1, 0.15) is 24.4 Å². The van der Waals surface area contributed by atoms with Crippen LogP contribution in [0.1, 0.15) is 104 Å². The van der Waals surface area contributed by atoms with Gasteiger partial charge in [0, 0.05) is 6.42 Å². The molecule has 0 saturated carbocycles. The number of hydrogen-bond acceptors (Lipinski definition) is 8. The maximum atomic E-state index is 12.8. The van der Waals surface area contributed by atoms with Gasteiger partial charge in [0.2, 0.25) is 5.91 Å². The lowest BCUT2D eigenvalue weighted by molar-refractivity contribution is -0.302. The molecule has 1 amide bonds. The summed E-state index contributed by atoms with van der Waals surface area (Å²) < 4.78 is 11.1. The molecule has 0 spiro atoms. The van der Waals surface area contributed by atoms with E-state index in [0.29, 0.717) is 12.8 Å². The zero-order valence-corrected chi connectivity index (χ0v) is 31.1. The van der Waals surface area contributed by atoms with E-state index in [1.807, 2.05) is 6.08 Å². The minimum Gasteiger partial charge on any atom is -0.394 e. The van der Waals surface area contributed by atoms with Crippen LogP contribution < -0.4 is 5.32 Å². The summed E-state index contributed by atoms with van der Waals surface area (Å²) in [4.78, 5) is 12.8. The number of ether oxygens (including phenoxy) is 2. The molecule has 6 N–H and O–H groups in total. The van der Waals surface area contributed by atoms with Crippen LogP contribution in [0.2, 0.25) is 0 Å². The number of hydrogen-bond donors (Lipinski definition) is 6. The standard InChI is InChI=1S/C42H67NO8/c1-3-5-7-9-11-13-15-16-17-18-19-20-22-24-26-28-30-32-38(46)43-35(34-50-42-41(49)40(48)39(47)37(33-44)51-42)36(45)31-29-27-25-23-21-14-12-10-8-6-4-2/h5,7-8,10-11,13,16-17,19-21,23-24,26,29,31,35-37,39-42,44-45,47-49H,3-4,6,9,12,14-15,18,22,25,27-28,30,32-34H2,1-2H3,(H,43,46)/b7-5-,10-8+,13-11-,17-16-,20-19-,23-21+,26-24-,31-29+. The van der Waals surface area contributed by atoms with Crippen LogP contribution in [-0.2, 0) is 14.3 Å². The van der Waals surface area contributed by atoms with Crippen molar-refractivity contribution in [3.63, 3.8) is 0 Å². The summed E-state index contributed by atoms with van der Waals surface area (Å²) >= 11 is 0. The maximum Gasteiger partial charge on any atom is 0.220 e. The largest absolute Gasteiger partial charge is 0.394 e. The fraction of sp³-hybridized carbons (Fsp3) is 0.595. The molecular weight excluding hydrogens is 646 g/mol. The predicted octanol–water partition coefficient (Wildman–Crippen LogP) is 6.60. The number of nitrogens with one attached hydrogen (secondary N) is 1. The molecule has 1 aliphatic rings. The van der Waals surface area contributed by atoms with Gasteiger partial charge in [-0.05, 0) is 77.0 Å². The van der Waals surface area contributed by atoms with Crippen molar-refractivity contribution in [2.45, 2.75) is 147 Å². The summed E-state index contributed by atoms with van der Waals surface area (Å²) in [5.41, 5.74) is 0. The van der Waals surface area contributed by atoms with E-state index in [-0.39, 0.29) is 18.9 Å². The first-order valence-electron chi connectivity index (χ1n) is 19.0. The fourth-order valence-electron chi connectivity index (χ4n) is 5.05. The van der Waals surface area contributed by atoms with Gasteiger partial charge < -0.3 is 40.3 Å². The van der Waals surface area contributed by atoms with Crippen molar-refractivity contribution < 1.29 is 39.8 Å². The number of carbonyl (C=O) groups is 1. The fourth-order valence-corrected chi connectivity index (χ4v) is 5.05. The summed E-state index contributed by atoms with van der Waals surface area (Å²) in [7, 11) is 0. The molecule has 0 aromatic heterocycles. The van der Waals surface area contributed by atoms with Crippen LogP contribution in [0.25, 0.3) is 0 Å². The third-order valence-corrected chi connectivity index (χ3v) is 8.10. The Morgan fingerprint density at radius 1 is 0.686 bits per heavy atom. The van der Waals surface area contributed by atoms with Crippen LogP contribution in [0.4, 0.5) is 0 Å². The highest BCUT2D eigenvalue weighted by Gasteiger charge is 2.44. The molecule has 1 rings (SSSR count). The van der Waals surface area contributed by atoms with Crippen molar-refractivity contribution >= 4 is 5.91 Å². The zero-order chi connectivity index (χ0) is 37.4. The maximum absolute atomic E-state index is 12.8. The Labute approximate surface area is 307 Å². The van der Waals surface area contributed by atoms with E-state index < -0.39 is 49.5 Å². The van der Waals surface area contributed by atoms with E-state index in [2.05, 4.69) is 104 Å². The summed E-state index contributed by atoms with van der Waals surface area (Å²) in [6, 6.07) is -0.861. The topological polar surface area (TPSA) is 149 Å². The number of amides is 1. The molecule has 0 aromatic rings. The van der Waals surface area contributed by atoms with Gasteiger partial charge in [-0.25, -0.2) is 0 Å². The van der Waals surface area contributed by atoms with Gasteiger partial charge in [-0.15, -0.1) is 0 Å². The van der Waals surface area contributed by atoms with Gasteiger partial charge in [-0.3, -0.25) is 4.79 Å². The molecule has 1 saturated heterocycles. The van der Waals surface area contributed by atoms with Crippen molar-refractivity contribution in [3.8, 4) is 0 Å². The van der Waals surface area contributed by atoms with E-state index in [4.69, 9.17) is 9.47 Å². The molecule has 7 atom stereocenters. The molecule has 1 heterocycles. The molecule has 9 nitrogen and oxygen atoms in total. The number of aliphatic hydroxyl groups excluding tert-OH is 5. The van der Waals surface area contributed by atoms with Crippen LogP contribution in [0.15, 0.2) is 97.2 Å². The van der Waals surface area contributed by atoms with Crippen molar-refractivity contribution in [1.82, 2.24) is 5.32 Å². The predicted molar refractivity (Wildman–Crippen MR) is 207 cm³/mol. The molecule has 51 heavy (non-hydrogen) atoms. The second-order valence-corrected chi connectivity index (χ2v) is 12.6. The average Bonchev–Trinajstić information content (AvgIpc) is 3.13. The highest BCUT2D eigenvalue weighted by molar-refractivity contribution is 5.76.